The summed E-state index contributed by atoms with van der Waals surface area (Å²) in [6, 6.07) is 0. The second-order valence-corrected chi connectivity index (χ2v) is 6.81. The van der Waals surface area contributed by atoms with E-state index in [2.05, 4.69) is 33.6 Å². The van der Waals surface area contributed by atoms with E-state index in [1.807, 2.05) is 24.6 Å². The summed E-state index contributed by atoms with van der Waals surface area (Å²) in [6.07, 6.45) is 12.8. The van der Waals surface area contributed by atoms with Crippen LogP contribution in [0.5, 0.6) is 0 Å². The molecule has 1 aromatic rings. The van der Waals surface area contributed by atoms with E-state index in [-0.39, 0.29) is 0 Å². The number of rotatable bonds is 7. The molecule has 5 heteroatoms. The van der Waals surface area contributed by atoms with Crippen LogP contribution in [0.15, 0.2) is 22.8 Å². The summed E-state index contributed by atoms with van der Waals surface area (Å²) < 4.78 is 0. The predicted molar refractivity (Wildman–Crippen MR) is 95.7 cm³/mol. The van der Waals surface area contributed by atoms with E-state index in [0.29, 0.717) is 0 Å². The Morgan fingerprint density at radius 2 is 2.09 bits per heavy atom. The Hall–Kier alpha value is -1.36. The highest BCUT2D eigenvalue weighted by Gasteiger charge is 2.05. The summed E-state index contributed by atoms with van der Waals surface area (Å²) in [5.74, 6) is 0.892. The van der Waals surface area contributed by atoms with Crippen molar-refractivity contribution in [3.63, 3.8) is 0 Å². The van der Waals surface area contributed by atoms with Gasteiger partial charge in [0.25, 0.3) is 0 Å². The topological polar surface area (TPSA) is 49.3 Å². The summed E-state index contributed by atoms with van der Waals surface area (Å²) in [4.78, 5) is 10.1. The van der Waals surface area contributed by atoms with E-state index in [1.165, 1.54) is 35.6 Å². The normalized spacial score (nSPS) is 15.5. The number of aliphatic imine (C=N–C) groups is 1. The van der Waals surface area contributed by atoms with Crippen molar-refractivity contribution in [3.8, 4) is 0 Å². The largest absolute Gasteiger partial charge is 0.356 e. The molecule has 0 spiro atoms. The standard InChI is InChI=1S/C17H28N4S/c1-3-15-13-21-16(22-15)10-12-20-17(18-2)19-11-9-14-7-5-4-6-8-14/h7,13H,3-6,8-12H2,1-2H3,(H2,18,19,20). The summed E-state index contributed by atoms with van der Waals surface area (Å²) >= 11 is 1.81. The lowest BCUT2D eigenvalue weighted by atomic mass is 9.97. The van der Waals surface area contributed by atoms with Gasteiger partial charge in [0.1, 0.15) is 0 Å². The first-order valence-corrected chi connectivity index (χ1v) is 9.19. The second-order valence-electron chi connectivity index (χ2n) is 5.61. The number of hydrogen-bond donors (Lipinski definition) is 2. The van der Waals surface area contributed by atoms with Crippen molar-refractivity contribution in [2.75, 3.05) is 20.1 Å². The third-order valence-electron chi connectivity index (χ3n) is 3.93. The number of aromatic nitrogens is 1. The van der Waals surface area contributed by atoms with Crippen molar-refractivity contribution in [2.24, 2.45) is 4.99 Å². The third-order valence-corrected chi connectivity index (χ3v) is 5.13. The van der Waals surface area contributed by atoms with Crippen molar-refractivity contribution in [1.29, 1.82) is 0 Å². The van der Waals surface area contributed by atoms with Crippen molar-refractivity contribution >= 4 is 17.3 Å². The summed E-state index contributed by atoms with van der Waals surface area (Å²) in [5.41, 5.74) is 1.60. The molecule has 22 heavy (non-hydrogen) atoms. The number of nitrogens with zero attached hydrogens (tertiary/aromatic N) is 2. The smallest absolute Gasteiger partial charge is 0.191 e. The minimum Gasteiger partial charge on any atom is -0.356 e. The van der Waals surface area contributed by atoms with Crippen LogP contribution >= 0.6 is 11.3 Å². The quantitative estimate of drug-likeness (QED) is 0.460. The predicted octanol–water partition coefficient (Wildman–Crippen LogP) is 3.30. The first-order chi connectivity index (χ1) is 10.8. The van der Waals surface area contributed by atoms with Crippen LogP contribution in [-0.4, -0.2) is 31.1 Å². The third kappa shape index (κ3) is 5.79. The summed E-state index contributed by atoms with van der Waals surface area (Å²) in [5, 5.41) is 7.97. The molecule has 0 unspecified atom stereocenters. The molecular weight excluding hydrogens is 292 g/mol. The van der Waals surface area contributed by atoms with Gasteiger partial charge in [0.05, 0.1) is 5.01 Å². The lowest BCUT2D eigenvalue weighted by molar-refractivity contribution is 0.665. The number of allylic oxidation sites excluding steroid dienone is 1. The molecule has 1 aliphatic carbocycles. The van der Waals surface area contributed by atoms with Crippen molar-refractivity contribution in [2.45, 2.75) is 51.9 Å². The van der Waals surface area contributed by atoms with Crippen LogP contribution in [0.3, 0.4) is 0 Å². The lowest BCUT2D eigenvalue weighted by Gasteiger charge is -2.15. The Morgan fingerprint density at radius 1 is 1.27 bits per heavy atom. The van der Waals surface area contributed by atoms with Gasteiger partial charge in [0, 0.05) is 37.6 Å². The lowest BCUT2D eigenvalue weighted by Crippen LogP contribution is -2.38. The molecule has 0 atom stereocenters. The molecule has 1 aromatic heterocycles. The zero-order valence-corrected chi connectivity index (χ0v) is 14.6. The molecule has 2 rings (SSSR count). The van der Waals surface area contributed by atoms with Gasteiger partial charge in [-0.1, -0.05) is 18.6 Å². The highest BCUT2D eigenvalue weighted by Crippen LogP contribution is 2.19. The van der Waals surface area contributed by atoms with Crippen LogP contribution in [0.2, 0.25) is 0 Å². The van der Waals surface area contributed by atoms with Crippen LogP contribution in [0.1, 0.15) is 48.9 Å². The Kier molecular flexibility index (Phi) is 7.43. The van der Waals surface area contributed by atoms with Crippen molar-refractivity contribution < 1.29 is 0 Å². The van der Waals surface area contributed by atoms with E-state index < -0.39 is 0 Å². The first-order valence-electron chi connectivity index (χ1n) is 8.37. The fraction of sp³-hybridized carbons (Fsp3) is 0.647. The maximum Gasteiger partial charge on any atom is 0.191 e. The van der Waals surface area contributed by atoms with Gasteiger partial charge >= 0.3 is 0 Å². The molecule has 0 radical (unpaired) electrons. The molecule has 1 aliphatic rings. The Bertz CT molecular complexity index is 505. The average molecular weight is 321 g/mol. The first kappa shape index (κ1) is 17.0. The van der Waals surface area contributed by atoms with Crippen LogP contribution in [0, 0.1) is 0 Å². The average Bonchev–Trinajstić information content (AvgIpc) is 3.02. The van der Waals surface area contributed by atoms with Crippen LogP contribution < -0.4 is 10.6 Å². The van der Waals surface area contributed by atoms with Crippen molar-refractivity contribution in [3.05, 3.63) is 27.7 Å². The van der Waals surface area contributed by atoms with Gasteiger partial charge in [-0.25, -0.2) is 4.98 Å². The molecule has 0 amide bonds. The van der Waals surface area contributed by atoms with E-state index in [1.54, 1.807) is 5.57 Å². The zero-order valence-electron chi connectivity index (χ0n) is 13.8. The van der Waals surface area contributed by atoms with Gasteiger partial charge in [-0.15, -0.1) is 11.3 Å². The van der Waals surface area contributed by atoms with Gasteiger partial charge < -0.3 is 10.6 Å². The number of aryl methyl sites for hydroxylation is 1. The second kappa shape index (κ2) is 9.62. The Labute approximate surface area is 138 Å². The maximum atomic E-state index is 4.44. The highest BCUT2D eigenvalue weighted by atomic mass is 32.1. The summed E-state index contributed by atoms with van der Waals surface area (Å²) in [6.45, 7) is 4.00. The molecule has 4 nitrogen and oxygen atoms in total. The van der Waals surface area contributed by atoms with E-state index in [9.17, 15) is 0 Å². The minimum absolute atomic E-state index is 0.874. The molecule has 0 saturated heterocycles. The highest BCUT2D eigenvalue weighted by molar-refractivity contribution is 7.11. The van der Waals surface area contributed by atoms with Gasteiger partial charge in [0.2, 0.25) is 0 Å². The van der Waals surface area contributed by atoms with Crippen LogP contribution in [-0.2, 0) is 12.8 Å². The number of thiazole rings is 1. The fourth-order valence-electron chi connectivity index (χ4n) is 2.61. The fourth-order valence-corrected chi connectivity index (χ4v) is 3.47. The molecule has 0 saturated carbocycles. The van der Waals surface area contributed by atoms with Gasteiger partial charge in [0.15, 0.2) is 5.96 Å². The maximum absolute atomic E-state index is 4.44. The molecule has 1 heterocycles. The van der Waals surface area contributed by atoms with Crippen molar-refractivity contribution in [1.82, 2.24) is 15.6 Å². The molecule has 0 bridgehead atoms. The molecule has 0 aromatic carbocycles. The Morgan fingerprint density at radius 3 is 2.73 bits per heavy atom. The van der Waals surface area contributed by atoms with Gasteiger partial charge in [-0.3, -0.25) is 4.99 Å². The summed E-state index contributed by atoms with van der Waals surface area (Å²) in [7, 11) is 1.83. The van der Waals surface area contributed by atoms with Crippen LogP contribution in [0.4, 0.5) is 0 Å². The van der Waals surface area contributed by atoms with Gasteiger partial charge in [-0.2, -0.15) is 0 Å². The molecule has 0 aliphatic heterocycles. The van der Waals surface area contributed by atoms with E-state index >= 15 is 0 Å². The number of guanidine groups is 1. The molecule has 0 fully saturated rings. The molecule has 122 valence electrons. The monoisotopic (exact) mass is 320 g/mol. The zero-order chi connectivity index (χ0) is 15.6. The molecular formula is C17H28N4S. The van der Waals surface area contributed by atoms with Crippen LogP contribution in [0.25, 0.3) is 0 Å². The number of nitrogens with one attached hydrogen (secondary N) is 2. The SMILES string of the molecule is CCc1cnc(CCNC(=NC)NCCC2=CCCCC2)s1. The Balaban J connectivity index is 1.63. The van der Waals surface area contributed by atoms with E-state index in [0.717, 1.165) is 38.3 Å². The number of hydrogen-bond acceptors (Lipinski definition) is 3. The molecule has 2 N–H and O–H groups in total. The minimum atomic E-state index is 0.874. The van der Waals surface area contributed by atoms with Gasteiger partial charge in [-0.05, 0) is 38.5 Å². The van der Waals surface area contributed by atoms with E-state index in [4.69, 9.17) is 0 Å².